The highest BCUT2D eigenvalue weighted by molar-refractivity contribution is 5.76. The van der Waals surface area contributed by atoms with E-state index in [-0.39, 0.29) is 30.0 Å². The van der Waals surface area contributed by atoms with E-state index in [1.807, 2.05) is 52.0 Å². The average molecular weight is 377 g/mol. The Morgan fingerprint density at radius 3 is 2.26 bits per heavy atom. The maximum atomic E-state index is 12.3. The summed E-state index contributed by atoms with van der Waals surface area (Å²) in [5.74, 6) is 1.07. The summed E-state index contributed by atoms with van der Waals surface area (Å²) in [5, 5.41) is 0. The van der Waals surface area contributed by atoms with Crippen molar-refractivity contribution in [1.82, 2.24) is 4.90 Å². The zero-order valence-electron chi connectivity index (χ0n) is 17.2. The fraction of sp³-hybridized carbons (Fsp3) is 0.619. The number of ether oxygens (including phenoxy) is 3. The zero-order chi connectivity index (χ0) is 20.2. The van der Waals surface area contributed by atoms with E-state index in [1.165, 1.54) is 0 Å². The number of hydrogen-bond donors (Lipinski definition) is 0. The summed E-state index contributed by atoms with van der Waals surface area (Å²) in [4.78, 5) is 25.2. The number of carbonyl (C=O) groups is 2. The number of nitrogens with zero attached hydrogens (tertiary/aromatic N) is 1. The molecule has 0 aliphatic carbocycles. The average Bonchev–Trinajstić information content (AvgIpc) is 2.96. The minimum Gasteiger partial charge on any atom is -0.486 e. The molecule has 2 rings (SSSR count). The third-order valence-electron chi connectivity index (χ3n) is 4.50. The third kappa shape index (κ3) is 6.24. The first-order valence-corrected chi connectivity index (χ1v) is 9.36. The van der Waals surface area contributed by atoms with Crippen LogP contribution in [-0.2, 0) is 14.3 Å². The van der Waals surface area contributed by atoms with Gasteiger partial charge in [0.05, 0.1) is 13.1 Å². The molecule has 0 bridgehead atoms. The van der Waals surface area contributed by atoms with Crippen LogP contribution in [0.5, 0.6) is 5.75 Å². The monoisotopic (exact) mass is 377 g/mol. The van der Waals surface area contributed by atoms with Crippen LogP contribution >= 0.6 is 0 Å². The molecule has 6 heteroatoms. The quantitative estimate of drug-likeness (QED) is 0.755. The molecule has 1 aliphatic heterocycles. The van der Waals surface area contributed by atoms with Crippen molar-refractivity contribution in [3.05, 3.63) is 29.8 Å². The van der Waals surface area contributed by atoms with Gasteiger partial charge in [0.15, 0.2) is 0 Å². The summed E-state index contributed by atoms with van der Waals surface area (Å²) in [5.41, 5.74) is 0.563. The van der Waals surface area contributed by atoms with Gasteiger partial charge >= 0.3 is 6.09 Å². The van der Waals surface area contributed by atoms with E-state index in [0.29, 0.717) is 25.3 Å². The van der Waals surface area contributed by atoms with Crippen LogP contribution in [0.25, 0.3) is 0 Å². The first kappa shape index (κ1) is 21.2. The van der Waals surface area contributed by atoms with Gasteiger partial charge in [-0.2, -0.15) is 0 Å². The first-order valence-electron chi connectivity index (χ1n) is 9.36. The molecule has 1 saturated heterocycles. The van der Waals surface area contributed by atoms with Gasteiger partial charge in [-0.25, -0.2) is 4.79 Å². The topological polar surface area (TPSA) is 65.1 Å². The van der Waals surface area contributed by atoms with E-state index in [0.717, 1.165) is 5.56 Å². The summed E-state index contributed by atoms with van der Waals surface area (Å²) >= 11 is 0. The number of rotatable bonds is 6. The molecule has 0 radical (unpaired) electrons. The highest BCUT2D eigenvalue weighted by Gasteiger charge is 2.38. The first-order chi connectivity index (χ1) is 12.6. The molecule has 6 nitrogen and oxygen atoms in total. The second kappa shape index (κ2) is 8.74. The Labute approximate surface area is 161 Å². The van der Waals surface area contributed by atoms with Gasteiger partial charge in [0.2, 0.25) is 0 Å². The Bertz CT molecular complexity index is 650. The Kier molecular flexibility index (Phi) is 6.87. The second-order valence-electron chi connectivity index (χ2n) is 8.19. The summed E-state index contributed by atoms with van der Waals surface area (Å²) in [6.45, 7) is 10.0. The minimum absolute atomic E-state index is 0.178. The van der Waals surface area contributed by atoms with Crippen molar-refractivity contribution >= 4 is 11.9 Å². The van der Waals surface area contributed by atoms with Crippen LogP contribution in [-0.4, -0.2) is 54.8 Å². The van der Waals surface area contributed by atoms with Crippen LogP contribution in [0, 0.1) is 0 Å². The second-order valence-corrected chi connectivity index (χ2v) is 8.19. The lowest BCUT2D eigenvalue weighted by Gasteiger charge is -2.24. The summed E-state index contributed by atoms with van der Waals surface area (Å²) in [7, 11) is 1.62. The van der Waals surface area contributed by atoms with Gasteiger partial charge in [-0.15, -0.1) is 0 Å². The number of carbonyl (C=O) groups excluding carboxylic acids is 2. The third-order valence-corrected chi connectivity index (χ3v) is 4.50. The molecule has 0 saturated carbocycles. The number of ketones is 1. The van der Waals surface area contributed by atoms with Crippen LogP contribution in [0.15, 0.2) is 24.3 Å². The minimum atomic E-state index is -0.537. The molecule has 150 valence electrons. The Balaban J connectivity index is 1.99. The highest BCUT2D eigenvalue weighted by atomic mass is 16.6. The van der Waals surface area contributed by atoms with Gasteiger partial charge < -0.3 is 23.9 Å². The van der Waals surface area contributed by atoms with Gasteiger partial charge in [-0.3, -0.25) is 0 Å². The molecular formula is C21H31NO5. The van der Waals surface area contributed by atoms with Crippen LogP contribution in [0.3, 0.4) is 0 Å². The smallest absolute Gasteiger partial charge is 0.410 e. The van der Waals surface area contributed by atoms with Crippen LogP contribution < -0.4 is 4.74 Å². The van der Waals surface area contributed by atoms with Crippen molar-refractivity contribution in [3.63, 3.8) is 0 Å². The molecule has 1 aromatic carbocycles. The molecule has 0 spiro atoms. The number of hydrogen-bond acceptors (Lipinski definition) is 5. The lowest BCUT2D eigenvalue weighted by molar-refractivity contribution is -0.117. The van der Waals surface area contributed by atoms with Crippen molar-refractivity contribution in [2.24, 2.45) is 0 Å². The maximum Gasteiger partial charge on any atom is 0.410 e. The number of amides is 1. The SMILES string of the molecule is CO[C@@H]1CN(C(=O)OC(C)(C)C)CC1Oc1ccc([C@H](C)CC(C)=O)cc1. The van der Waals surface area contributed by atoms with Gasteiger partial charge in [0.1, 0.15) is 29.3 Å². The lowest BCUT2D eigenvalue weighted by Crippen LogP contribution is -2.36. The number of likely N-dealkylation sites (tertiary alicyclic amines) is 1. The molecule has 0 aromatic heterocycles. The summed E-state index contributed by atoms with van der Waals surface area (Å²) in [6.07, 6.45) is -0.305. The van der Waals surface area contributed by atoms with E-state index >= 15 is 0 Å². The van der Waals surface area contributed by atoms with Crippen molar-refractivity contribution < 1.29 is 23.8 Å². The van der Waals surface area contributed by atoms with E-state index < -0.39 is 5.60 Å². The fourth-order valence-electron chi connectivity index (χ4n) is 3.16. The van der Waals surface area contributed by atoms with E-state index in [9.17, 15) is 9.59 Å². The zero-order valence-corrected chi connectivity index (χ0v) is 17.2. The molecule has 1 unspecified atom stereocenters. The molecule has 27 heavy (non-hydrogen) atoms. The van der Waals surface area contributed by atoms with Crippen LogP contribution in [0.4, 0.5) is 4.79 Å². The van der Waals surface area contributed by atoms with Gasteiger partial charge in [-0.05, 0) is 51.3 Å². The molecule has 1 fully saturated rings. The molecule has 0 N–H and O–H groups in total. The number of Topliss-reactive ketones (excluding diaryl/α,β-unsaturated/α-hetero) is 1. The van der Waals surface area contributed by atoms with Crippen molar-refractivity contribution in [2.45, 2.75) is 64.8 Å². The fourth-order valence-corrected chi connectivity index (χ4v) is 3.16. The standard InChI is InChI=1S/C21H31NO5/c1-14(11-15(2)23)16-7-9-17(10-8-16)26-19-13-22(12-18(19)25-6)20(24)27-21(3,4)5/h7-10,14,18-19H,11-13H2,1-6H3/t14-,18-,19?/m1/s1. The Morgan fingerprint density at radius 2 is 1.74 bits per heavy atom. The van der Waals surface area contributed by atoms with Crippen molar-refractivity contribution in [2.75, 3.05) is 20.2 Å². The maximum absolute atomic E-state index is 12.3. The Hall–Kier alpha value is -2.08. The predicted octanol–water partition coefficient (Wildman–Crippen LogP) is 3.78. The van der Waals surface area contributed by atoms with Gasteiger partial charge in [-0.1, -0.05) is 19.1 Å². The van der Waals surface area contributed by atoms with E-state index in [2.05, 4.69) is 0 Å². The van der Waals surface area contributed by atoms with Gasteiger partial charge in [0, 0.05) is 13.5 Å². The van der Waals surface area contributed by atoms with Crippen molar-refractivity contribution in [1.29, 1.82) is 0 Å². The molecule has 3 atom stereocenters. The van der Waals surface area contributed by atoms with Crippen LogP contribution in [0.2, 0.25) is 0 Å². The molecule has 1 heterocycles. The van der Waals surface area contributed by atoms with E-state index in [1.54, 1.807) is 18.9 Å². The molecular weight excluding hydrogens is 346 g/mol. The summed E-state index contributed by atoms with van der Waals surface area (Å²) in [6, 6.07) is 7.75. The lowest BCUT2D eigenvalue weighted by atomic mass is 9.96. The normalized spacial score (nSPS) is 21.0. The van der Waals surface area contributed by atoms with Crippen LogP contribution in [0.1, 0.15) is 52.5 Å². The summed E-state index contributed by atoms with van der Waals surface area (Å²) < 4.78 is 17.0. The predicted molar refractivity (Wildman–Crippen MR) is 103 cm³/mol. The van der Waals surface area contributed by atoms with E-state index in [4.69, 9.17) is 14.2 Å². The largest absolute Gasteiger partial charge is 0.486 e. The number of methoxy groups -OCH3 is 1. The molecule has 1 amide bonds. The highest BCUT2D eigenvalue weighted by Crippen LogP contribution is 2.25. The van der Waals surface area contributed by atoms with Gasteiger partial charge in [0.25, 0.3) is 0 Å². The number of benzene rings is 1. The molecule has 1 aromatic rings. The molecule has 1 aliphatic rings. The Morgan fingerprint density at radius 1 is 1.15 bits per heavy atom. The van der Waals surface area contributed by atoms with Crippen molar-refractivity contribution in [3.8, 4) is 5.75 Å².